The fourth-order valence-electron chi connectivity index (χ4n) is 1.08. The van der Waals surface area contributed by atoms with Gasteiger partial charge < -0.3 is 4.43 Å². The molecule has 1 atom stereocenters. The lowest BCUT2D eigenvalue weighted by Gasteiger charge is -2.22. The van der Waals surface area contributed by atoms with Crippen molar-refractivity contribution in [2.75, 3.05) is 0 Å². The molecule has 0 aromatic carbocycles. The minimum atomic E-state index is -0.747. The van der Waals surface area contributed by atoms with Gasteiger partial charge in [-0.3, -0.25) is 0 Å². The molecule has 0 fully saturated rings. The van der Waals surface area contributed by atoms with Crippen LogP contribution in [0.25, 0.3) is 0 Å². The first kappa shape index (κ1) is 11.5. The second-order valence-electron chi connectivity index (χ2n) is 3.69. The SMILES string of the molecule is CC(C)CC(O[SiH2]Cl)C(C)C. The molecule has 0 aromatic rings. The van der Waals surface area contributed by atoms with Crippen molar-refractivity contribution >= 4 is 20.2 Å². The molecular formula is C8H19ClOSi. The molecule has 0 rings (SSSR count). The number of rotatable bonds is 5. The van der Waals surface area contributed by atoms with E-state index in [0.29, 0.717) is 17.9 Å². The fourth-order valence-corrected chi connectivity index (χ4v) is 2.25. The van der Waals surface area contributed by atoms with Crippen LogP contribution < -0.4 is 0 Å². The maximum atomic E-state index is 5.64. The normalized spacial score (nSPS) is 15.5. The molecule has 0 N–H and O–H groups in total. The molecular weight excluding hydrogens is 176 g/mol. The zero-order valence-corrected chi connectivity index (χ0v) is 10.1. The van der Waals surface area contributed by atoms with Gasteiger partial charge in [0.25, 0.3) is 9.07 Å². The van der Waals surface area contributed by atoms with E-state index in [0.717, 1.165) is 6.42 Å². The van der Waals surface area contributed by atoms with Crippen molar-refractivity contribution in [1.29, 1.82) is 0 Å². The molecule has 0 aromatic heterocycles. The molecule has 0 amide bonds. The van der Waals surface area contributed by atoms with Crippen LogP contribution in [-0.4, -0.2) is 15.2 Å². The summed E-state index contributed by atoms with van der Waals surface area (Å²) in [5.74, 6) is 1.31. The Bertz CT molecular complexity index is 96.1. The Kier molecular flexibility index (Phi) is 6.29. The molecule has 1 nitrogen and oxygen atoms in total. The van der Waals surface area contributed by atoms with Crippen molar-refractivity contribution < 1.29 is 4.43 Å². The van der Waals surface area contributed by atoms with Crippen LogP contribution in [0.4, 0.5) is 0 Å². The molecule has 0 radical (unpaired) electrons. The largest absolute Gasteiger partial charge is 0.405 e. The number of hydrogen-bond donors (Lipinski definition) is 0. The highest BCUT2D eigenvalue weighted by molar-refractivity contribution is 6.89. The van der Waals surface area contributed by atoms with Crippen LogP contribution in [0, 0.1) is 11.8 Å². The van der Waals surface area contributed by atoms with Crippen molar-refractivity contribution in [2.24, 2.45) is 11.8 Å². The monoisotopic (exact) mass is 194 g/mol. The van der Waals surface area contributed by atoms with Crippen molar-refractivity contribution in [2.45, 2.75) is 40.2 Å². The topological polar surface area (TPSA) is 9.23 Å². The molecule has 0 saturated carbocycles. The third-order valence-corrected chi connectivity index (χ3v) is 2.66. The van der Waals surface area contributed by atoms with Gasteiger partial charge in [0.1, 0.15) is 0 Å². The lowest BCUT2D eigenvalue weighted by molar-refractivity contribution is 0.138. The highest BCUT2D eigenvalue weighted by atomic mass is 35.6. The van der Waals surface area contributed by atoms with Crippen LogP contribution in [0.15, 0.2) is 0 Å². The zero-order valence-electron chi connectivity index (χ0n) is 7.93. The van der Waals surface area contributed by atoms with E-state index in [9.17, 15) is 0 Å². The first-order chi connectivity index (χ1) is 5.07. The van der Waals surface area contributed by atoms with Gasteiger partial charge in [-0.2, -0.15) is 0 Å². The maximum Gasteiger partial charge on any atom is 0.258 e. The van der Waals surface area contributed by atoms with Crippen LogP contribution in [0.5, 0.6) is 0 Å². The molecule has 0 aliphatic heterocycles. The average Bonchev–Trinajstić information content (AvgIpc) is 1.86. The minimum Gasteiger partial charge on any atom is -0.405 e. The summed E-state index contributed by atoms with van der Waals surface area (Å²) >= 11 is 5.64. The quantitative estimate of drug-likeness (QED) is 0.482. The summed E-state index contributed by atoms with van der Waals surface area (Å²) in [7, 11) is -0.747. The van der Waals surface area contributed by atoms with E-state index in [1.807, 2.05) is 0 Å². The fraction of sp³-hybridized carbons (Fsp3) is 1.00. The van der Waals surface area contributed by atoms with Gasteiger partial charge >= 0.3 is 0 Å². The standard InChI is InChI=1S/C8H19ClOSi/c1-6(2)5-8(7(3)4)10-11-9/h6-8H,5,11H2,1-4H3. The predicted octanol–water partition coefficient (Wildman–Crippen LogP) is 2.31. The summed E-state index contributed by atoms with van der Waals surface area (Å²) < 4.78 is 5.52. The summed E-state index contributed by atoms with van der Waals surface area (Å²) in [6, 6.07) is 0. The van der Waals surface area contributed by atoms with Gasteiger partial charge in [-0.1, -0.05) is 27.7 Å². The van der Waals surface area contributed by atoms with Gasteiger partial charge in [0.15, 0.2) is 0 Å². The highest BCUT2D eigenvalue weighted by Crippen LogP contribution is 2.15. The average molecular weight is 195 g/mol. The van der Waals surface area contributed by atoms with Crippen LogP contribution in [0.1, 0.15) is 34.1 Å². The Morgan fingerprint density at radius 2 is 1.82 bits per heavy atom. The molecule has 0 bridgehead atoms. The van der Waals surface area contributed by atoms with E-state index in [2.05, 4.69) is 27.7 Å². The number of hydrogen-bond acceptors (Lipinski definition) is 1. The zero-order chi connectivity index (χ0) is 8.85. The Balaban J connectivity index is 3.69. The van der Waals surface area contributed by atoms with Gasteiger partial charge in [-0.25, -0.2) is 0 Å². The lowest BCUT2D eigenvalue weighted by atomic mass is 9.98. The summed E-state index contributed by atoms with van der Waals surface area (Å²) in [6.07, 6.45) is 1.52. The van der Waals surface area contributed by atoms with Gasteiger partial charge in [0.05, 0.1) is 0 Å². The molecule has 1 unspecified atom stereocenters. The molecule has 11 heavy (non-hydrogen) atoms. The van der Waals surface area contributed by atoms with E-state index in [4.69, 9.17) is 15.5 Å². The predicted molar refractivity (Wildman–Crippen MR) is 53.6 cm³/mol. The van der Waals surface area contributed by atoms with E-state index in [1.54, 1.807) is 0 Å². The van der Waals surface area contributed by atoms with E-state index in [1.165, 1.54) is 0 Å². The highest BCUT2D eigenvalue weighted by Gasteiger charge is 2.14. The summed E-state index contributed by atoms with van der Waals surface area (Å²) in [5.41, 5.74) is 0. The van der Waals surface area contributed by atoms with Crippen molar-refractivity contribution in [3.8, 4) is 0 Å². The molecule has 0 aliphatic carbocycles. The second-order valence-corrected chi connectivity index (χ2v) is 4.89. The maximum absolute atomic E-state index is 5.64. The van der Waals surface area contributed by atoms with E-state index >= 15 is 0 Å². The number of halogens is 1. The molecule has 3 heteroatoms. The van der Waals surface area contributed by atoms with Gasteiger partial charge in [-0.05, 0) is 18.3 Å². The molecule has 0 saturated heterocycles. The summed E-state index contributed by atoms with van der Waals surface area (Å²) in [4.78, 5) is 0. The van der Waals surface area contributed by atoms with E-state index in [-0.39, 0.29) is 0 Å². The second kappa shape index (κ2) is 6.04. The van der Waals surface area contributed by atoms with Crippen LogP contribution in [0.2, 0.25) is 0 Å². The van der Waals surface area contributed by atoms with E-state index < -0.39 is 9.07 Å². The summed E-state index contributed by atoms with van der Waals surface area (Å²) in [5, 5.41) is 0. The van der Waals surface area contributed by atoms with Crippen molar-refractivity contribution in [3.63, 3.8) is 0 Å². The lowest BCUT2D eigenvalue weighted by Crippen LogP contribution is -2.22. The first-order valence-corrected chi connectivity index (χ1v) is 6.97. The molecule has 0 spiro atoms. The Hall–Kier alpha value is 0.467. The summed E-state index contributed by atoms with van der Waals surface area (Å²) in [6.45, 7) is 8.81. The minimum absolute atomic E-state index is 0.388. The van der Waals surface area contributed by atoms with Crippen LogP contribution in [-0.2, 0) is 4.43 Å². The third-order valence-electron chi connectivity index (χ3n) is 1.72. The van der Waals surface area contributed by atoms with Crippen LogP contribution in [0.3, 0.4) is 0 Å². The molecule has 0 heterocycles. The Morgan fingerprint density at radius 1 is 1.27 bits per heavy atom. The van der Waals surface area contributed by atoms with Crippen molar-refractivity contribution in [1.82, 2.24) is 0 Å². The smallest absolute Gasteiger partial charge is 0.258 e. The first-order valence-electron chi connectivity index (χ1n) is 4.25. The Morgan fingerprint density at radius 3 is 2.09 bits per heavy atom. The molecule has 0 aliphatic rings. The van der Waals surface area contributed by atoms with Crippen molar-refractivity contribution in [3.05, 3.63) is 0 Å². The van der Waals surface area contributed by atoms with Gasteiger partial charge in [-0.15, -0.1) is 11.1 Å². The molecule has 68 valence electrons. The third kappa shape index (κ3) is 5.71. The van der Waals surface area contributed by atoms with Gasteiger partial charge in [0.2, 0.25) is 0 Å². The Labute approximate surface area is 77.1 Å². The van der Waals surface area contributed by atoms with Crippen LogP contribution >= 0.6 is 11.1 Å². The van der Waals surface area contributed by atoms with Gasteiger partial charge in [0, 0.05) is 6.10 Å².